The summed E-state index contributed by atoms with van der Waals surface area (Å²) in [5.74, 6) is 0. The van der Waals surface area contributed by atoms with Gasteiger partial charge in [0, 0.05) is 0 Å². The first-order valence-corrected chi connectivity index (χ1v) is 5.93. The predicted molar refractivity (Wildman–Crippen MR) is 54.2 cm³/mol. The van der Waals surface area contributed by atoms with Crippen molar-refractivity contribution in [1.29, 1.82) is 0 Å². The van der Waals surface area contributed by atoms with E-state index >= 15 is 0 Å². The number of hydrogen-bond donors (Lipinski definition) is 1. The van der Waals surface area contributed by atoms with Crippen molar-refractivity contribution in [1.82, 2.24) is 4.72 Å². The average molecular weight is 283 g/mol. The van der Waals surface area contributed by atoms with Crippen LogP contribution in [-0.2, 0) is 20.9 Å². The number of carbonyl (C=O) groups is 1. The molecule has 1 rings (SSSR count). The number of amides is 1. The fourth-order valence-electron chi connectivity index (χ4n) is 1.05. The van der Waals surface area contributed by atoms with E-state index in [0.717, 1.165) is 25.3 Å². The molecule has 100 valence electrons. The number of methoxy groups -OCH3 is 1. The molecule has 0 spiro atoms. The van der Waals surface area contributed by atoms with Crippen LogP contribution in [0.15, 0.2) is 29.2 Å². The van der Waals surface area contributed by atoms with Crippen LogP contribution in [0.2, 0.25) is 0 Å². The van der Waals surface area contributed by atoms with Gasteiger partial charge in [0.25, 0.3) is 10.0 Å². The first-order valence-electron chi connectivity index (χ1n) is 4.45. The minimum absolute atomic E-state index is 0.422. The number of benzene rings is 1. The quantitative estimate of drug-likeness (QED) is 0.897. The summed E-state index contributed by atoms with van der Waals surface area (Å²) < 4.78 is 65.6. The molecule has 0 aliphatic carbocycles. The van der Waals surface area contributed by atoms with Crippen LogP contribution in [-0.4, -0.2) is 21.6 Å². The Labute approximate surface area is 101 Å². The van der Waals surface area contributed by atoms with Gasteiger partial charge in [-0.25, -0.2) is 17.9 Å². The van der Waals surface area contributed by atoms with E-state index in [0.29, 0.717) is 6.07 Å². The summed E-state index contributed by atoms with van der Waals surface area (Å²) in [5.41, 5.74) is -1.13. The van der Waals surface area contributed by atoms with E-state index in [-0.39, 0.29) is 0 Å². The molecule has 0 bridgehead atoms. The van der Waals surface area contributed by atoms with Crippen molar-refractivity contribution in [3.8, 4) is 0 Å². The van der Waals surface area contributed by atoms with Crippen molar-refractivity contribution in [2.45, 2.75) is 11.1 Å². The second-order valence-electron chi connectivity index (χ2n) is 3.12. The Kier molecular flexibility index (Phi) is 3.85. The van der Waals surface area contributed by atoms with Gasteiger partial charge in [0.1, 0.15) is 0 Å². The second kappa shape index (κ2) is 4.84. The Morgan fingerprint density at radius 1 is 1.33 bits per heavy atom. The summed E-state index contributed by atoms with van der Waals surface area (Å²) in [4.78, 5) is 10.1. The number of alkyl halides is 3. The molecular formula is C9H8F3NO4S. The Morgan fingerprint density at radius 2 is 1.94 bits per heavy atom. The largest absolute Gasteiger partial charge is 0.452 e. The minimum atomic E-state index is -4.67. The Morgan fingerprint density at radius 3 is 2.44 bits per heavy atom. The zero-order valence-corrected chi connectivity index (χ0v) is 9.80. The number of ether oxygens (including phenoxy) is 1. The molecule has 0 atom stereocenters. The van der Waals surface area contributed by atoms with Gasteiger partial charge in [0.05, 0.1) is 17.6 Å². The maximum atomic E-state index is 12.4. The van der Waals surface area contributed by atoms with Crippen LogP contribution in [0.1, 0.15) is 5.56 Å². The zero-order valence-electron chi connectivity index (χ0n) is 8.98. The third-order valence-electron chi connectivity index (χ3n) is 1.87. The van der Waals surface area contributed by atoms with Crippen molar-refractivity contribution in [2.24, 2.45) is 0 Å². The third-order valence-corrected chi connectivity index (χ3v) is 3.18. The fraction of sp³-hybridized carbons (Fsp3) is 0.222. The van der Waals surface area contributed by atoms with Crippen LogP contribution in [0, 0.1) is 0 Å². The summed E-state index contributed by atoms with van der Waals surface area (Å²) in [7, 11) is -3.45. The Bertz CT molecular complexity index is 553. The van der Waals surface area contributed by atoms with Crippen LogP contribution < -0.4 is 4.72 Å². The van der Waals surface area contributed by atoms with Crippen LogP contribution in [0.25, 0.3) is 0 Å². The molecular weight excluding hydrogens is 275 g/mol. The number of nitrogens with one attached hydrogen (secondary N) is 1. The van der Waals surface area contributed by atoms with Crippen LogP contribution >= 0.6 is 0 Å². The standard InChI is InChI=1S/C9H8F3NO4S/c1-17-8(14)13-18(15,16)7-4-2-3-6(5-7)9(10,11)12/h2-5H,1H3,(H,13,14). The Balaban J connectivity index is 3.15. The minimum Gasteiger partial charge on any atom is -0.452 e. The van der Waals surface area contributed by atoms with Gasteiger partial charge in [-0.15, -0.1) is 0 Å². The van der Waals surface area contributed by atoms with Crippen molar-refractivity contribution >= 4 is 16.1 Å². The van der Waals surface area contributed by atoms with Crippen LogP contribution in [0.4, 0.5) is 18.0 Å². The van der Waals surface area contributed by atoms with Gasteiger partial charge in [0.2, 0.25) is 0 Å². The number of rotatable bonds is 2. The molecule has 1 aromatic carbocycles. The maximum absolute atomic E-state index is 12.4. The first kappa shape index (κ1) is 14.3. The Hall–Kier alpha value is -1.77. The van der Waals surface area contributed by atoms with Gasteiger partial charge >= 0.3 is 12.3 Å². The average Bonchev–Trinajstić information content (AvgIpc) is 2.27. The molecule has 0 saturated carbocycles. The molecule has 9 heteroatoms. The predicted octanol–water partition coefficient (Wildman–Crippen LogP) is 1.75. The lowest BCUT2D eigenvalue weighted by Crippen LogP contribution is -2.30. The number of halogens is 3. The molecule has 1 amide bonds. The number of sulfonamides is 1. The van der Waals surface area contributed by atoms with Crippen molar-refractivity contribution in [3.63, 3.8) is 0 Å². The highest BCUT2D eigenvalue weighted by molar-refractivity contribution is 7.90. The molecule has 0 heterocycles. The van der Waals surface area contributed by atoms with E-state index in [4.69, 9.17) is 0 Å². The molecule has 0 aromatic heterocycles. The molecule has 0 unspecified atom stereocenters. The van der Waals surface area contributed by atoms with Gasteiger partial charge in [-0.05, 0) is 18.2 Å². The zero-order chi connectivity index (χ0) is 14.0. The molecule has 1 aromatic rings. The lowest BCUT2D eigenvalue weighted by atomic mass is 10.2. The normalized spacial score (nSPS) is 12.0. The lowest BCUT2D eigenvalue weighted by molar-refractivity contribution is -0.137. The van der Waals surface area contributed by atoms with E-state index < -0.39 is 32.8 Å². The van der Waals surface area contributed by atoms with Crippen molar-refractivity contribution in [3.05, 3.63) is 29.8 Å². The molecule has 0 fully saturated rings. The van der Waals surface area contributed by atoms with Crippen LogP contribution in [0.5, 0.6) is 0 Å². The van der Waals surface area contributed by atoms with Gasteiger partial charge in [-0.3, -0.25) is 0 Å². The van der Waals surface area contributed by atoms with Gasteiger partial charge in [0.15, 0.2) is 0 Å². The third kappa shape index (κ3) is 3.36. The van der Waals surface area contributed by atoms with E-state index in [9.17, 15) is 26.4 Å². The first-order chi connectivity index (χ1) is 8.16. The molecule has 5 nitrogen and oxygen atoms in total. The van der Waals surface area contributed by atoms with Crippen LogP contribution in [0.3, 0.4) is 0 Å². The monoisotopic (exact) mass is 283 g/mol. The van der Waals surface area contributed by atoms with Gasteiger partial charge < -0.3 is 4.74 Å². The maximum Gasteiger partial charge on any atom is 0.420 e. The van der Waals surface area contributed by atoms with Crippen molar-refractivity contribution in [2.75, 3.05) is 7.11 Å². The van der Waals surface area contributed by atoms with Gasteiger partial charge in [-0.1, -0.05) is 6.07 Å². The molecule has 0 aliphatic heterocycles. The highest BCUT2D eigenvalue weighted by Gasteiger charge is 2.31. The summed E-state index contributed by atoms with van der Waals surface area (Å²) >= 11 is 0. The van der Waals surface area contributed by atoms with E-state index in [1.54, 1.807) is 0 Å². The molecule has 0 radical (unpaired) electrons. The summed E-state index contributed by atoms with van der Waals surface area (Å²) in [6.45, 7) is 0. The number of hydrogen-bond acceptors (Lipinski definition) is 4. The highest BCUT2D eigenvalue weighted by atomic mass is 32.2. The van der Waals surface area contributed by atoms with E-state index in [2.05, 4.69) is 4.74 Å². The number of carbonyl (C=O) groups excluding carboxylic acids is 1. The van der Waals surface area contributed by atoms with E-state index in [1.807, 2.05) is 0 Å². The topological polar surface area (TPSA) is 72.5 Å². The summed E-state index contributed by atoms with van der Waals surface area (Å²) in [6.07, 6.45) is -5.95. The fourth-order valence-corrected chi connectivity index (χ4v) is 2.01. The summed E-state index contributed by atoms with van der Waals surface area (Å²) in [5, 5.41) is 0. The van der Waals surface area contributed by atoms with E-state index in [1.165, 1.54) is 4.72 Å². The smallest absolute Gasteiger partial charge is 0.420 e. The summed E-state index contributed by atoms with van der Waals surface area (Å²) in [6, 6.07) is 3.00. The van der Waals surface area contributed by atoms with Gasteiger partial charge in [-0.2, -0.15) is 13.2 Å². The SMILES string of the molecule is COC(=O)NS(=O)(=O)c1cccc(C(F)(F)F)c1. The second-order valence-corrected chi connectivity index (χ2v) is 4.81. The van der Waals surface area contributed by atoms with Crippen molar-refractivity contribution < 1.29 is 31.1 Å². The lowest BCUT2D eigenvalue weighted by Gasteiger charge is -2.09. The molecule has 1 N–H and O–H groups in total. The highest BCUT2D eigenvalue weighted by Crippen LogP contribution is 2.30. The molecule has 0 aliphatic rings. The molecule has 18 heavy (non-hydrogen) atoms. The molecule has 0 saturated heterocycles.